The highest BCUT2D eigenvalue weighted by Crippen LogP contribution is 1.99. The van der Waals surface area contributed by atoms with Gasteiger partial charge in [-0.2, -0.15) is 5.10 Å². The van der Waals surface area contributed by atoms with Gasteiger partial charge in [0.15, 0.2) is 0 Å². The van der Waals surface area contributed by atoms with Gasteiger partial charge in [0.05, 0.1) is 12.3 Å². The predicted molar refractivity (Wildman–Crippen MR) is 58.6 cm³/mol. The van der Waals surface area contributed by atoms with Crippen LogP contribution in [0, 0.1) is 0 Å². The second kappa shape index (κ2) is 7.79. The summed E-state index contributed by atoms with van der Waals surface area (Å²) in [5.41, 5.74) is 1.18. The molecular weight excluding hydrogens is 202 g/mol. The number of aryl methyl sites for hydroxylation is 1. The predicted octanol–water partition coefficient (Wildman–Crippen LogP) is 0.797. The molecule has 0 aliphatic heterocycles. The lowest BCUT2D eigenvalue weighted by Crippen LogP contribution is -2.20. The molecule has 82 valence electrons. The maximum atomic E-state index is 8.58. The third kappa shape index (κ3) is 4.09. The van der Waals surface area contributed by atoms with Crippen molar-refractivity contribution in [2.24, 2.45) is 0 Å². The molecule has 0 amide bonds. The Morgan fingerprint density at radius 1 is 1.57 bits per heavy atom. The van der Waals surface area contributed by atoms with Gasteiger partial charge < -0.3 is 10.4 Å². The summed E-state index contributed by atoms with van der Waals surface area (Å²) < 4.78 is 1.99. The summed E-state index contributed by atoms with van der Waals surface area (Å²) in [6.07, 6.45) is 2.90. The monoisotopic (exact) mass is 219 g/mol. The lowest BCUT2D eigenvalue weighted by molar-refractivity contribution is 0.291. The Kier molecular flexibility index (Phi) is 7.47. The number of halogens is 1. The first-order valence-electron chi connectivity index (χ1n) is 4.70. The van der Waals surface area contributed by atoms with Crippen LogP contribution in [0.25, 0.3) is 0 Å². The van der Waals surface area contributed by atoms with E-state index < -0.39 is 0 Å². The standard InChI is InChI=1S/C9H17N3O.ClH/c1-2-6-12-9(3-4-11-12)8-10-5-7-13;/h3-4,10,13H,2,5-8H2,1H3;1H. The minimum absolute atomic E-state index is 0. The zero-order chi connectivity index (χ0) is 9.52. The molecule has 0 spiro atoms. The number of hydrogen-bond donors (Lipinski definition) is 2. The van der Waals surface area contributed by atoms with E-state index >= 15 is 0 Å². The van der Waals surface area contributed by atoms with Crippen LogP contribution in [-0.4, -0.2) is 28.0 Å². The first kappa shape index (κ1) is 13.4. The fourth-order valence-corrected chi connectivity index (χ4v) is 1.22. The molecule has 0 saturated carbocycles. The molecule has 1 aromatic rings. The normalized spacial score (nSPS) is 9.86. The van der Waals surface area contributed by atoms with E-state index in [1.807, 2.05) is 16.9 Å². The molecule has 1 aromatic heterocycles. The Bertz CT molecular complexity index is 240. The van der Waals surface area contributed by atoms with Crippen LogP contribution in [0.2, 0.25) is 0 Å². The third-order valence-electron chi connectivity index (χ3n) is 1.83. The molecule has 5 heteroatoms. The Balaban J connectivity index is 0.00000169. The molecule has 0 unspecified atom stereocenters. The molecule has 1 rings (SSSR count). The van der Waals surface area contributed by atoms with Crippen molar-refractivity contribution in [1.29, 1.82) is 0 Å². The van der Waals surface area contributed by atoms with Gasteiger partial charge in [-0.3, -0.25) is 4.68 Å². The molecule has 0 aliphatic rings. The van der Waals surface area contributed by atoms with Gasteiger partial charge >= 0.3 is 0 Å². The number of nitrogens with one attached hydrogen (secondary N) is 1. The van der Waals surface area contributed by atoms with Crippen molar-refractivity contribution < 1.29 is 5.11 Å². The summed E-state index contributed by atoms with van der Waals surface area (Å²) >= 11 is 0. The van der Waals surface area contributed by atoms with Gasteiger partial charge in [0.25, 0.3) is 0 Å². The van der Waals surface area contributed by atoms with Gasteiger partial charge in [0.2, 0.25) is 0 Å². The van der Waals surface area contributed by atoms with Crippen molar-refractivity contribution in [3.63, 3.8) is 0 Å². The Morgan fingerprint density at radius 2 is 2.36 bits per heavy atom. The molecule has 0 fully saturated rings. The molecule has 0 radical (unpaired) electrons. The zero-order valence-corrected chi connectivity index (χ0v) is 9.26. The van der Waals surface area contributed by atoms with Crippen LogP contribution >= 0.6 is 12.4 Å². The van der Waals surface area contributed by atoms with Crippen LogP contribution in [0.5, 0.6) is 0 Å². The number of nitrogens with zero attached hydrogens (tertiary/aromatic N) is 2. The van der Waals surface area contributed by atoms with Crippen molar-refractivity contribution in [3.8, 4) is 0 Å². The zero-order valence-electron chi connectivity index (χ0n) is 8.44. The second-order valence-corrected chi connectivity index (χ2v) is 2.95. The van der Waals surface area contributed by atoms with Crippen molar-refractivity contribution in [2.75, 3.05) is 13.2 Å². The molecule has 0 aromatic carbocycles. The molecule has 2 N–H and O–H groups in total. The van der Waals surface area contributed by atoms with Gasteiger partial charge in [0, 0.05) is 25.8 Å². The summed E-state index contributed by atoms with van der Waals surface area (Å²) in [5.74, 6) is 0. The second-order valence-electron chi connectivity index (χ2n) is 2.95. The van der Waals surface area contributed by atoms with Gasteiger partial charge in [-0.25, -0.2) is 0 Å². The summed E-state index contributed by atoms with van der Waals surface area (Å²) in [6.45, 7) is 4.69. The first-order chi connectivity index (χ1) is 6.38. The number of aliphatic hydroxyl groups excluding tert-OH is 1. The number of rotatable bonds is 6. The van der Waals surface area contributed by atoms with E-state index in [-0.39, 0.29) is 19.0 Å². The summed E-state index contributed by atoms with van der Waals surface area (Å²) in [4.78, 5) is 0. The number of hydrogen-bond acceptors (Lipinski definition) is 3. The van der Waals surface area contributed by atoms with E-state index in [2.05, 4.69) is 17.3 Å². The SMILES string of the molecule is CCCn1nccc1CNCCO.Cl. The quantitative estimate of drug-likeness (QED) is 0.696. The average Bonchev–Trinajstić information content (AvgIpc) is 2.54. The highest BCUT2D eigenvalue weighted by atomic mass is 35.5. The minimum Gasteiger partial charge on any atom is -0.395 e. The van der Waals surface area contributed by atoms with Crippen molar-refractivity contribution in [2.45, 2.75) is 26.4 Å². The van der Waals surface area contributed by atoms with Gasteiger partial charge in [-0.05, 0) is 12.5 Å². The van der Waals surface area contributed by atoms with E-state index in [0.29, 0.717) is 6.54 Å². The molecule has 0 saturated heterocycles. The van der Waals surface area contributed by atoms with Crippen molar-refractivity contribution >= 4 is 12.4 Å². The maximum Gasteiger partial charge on any atom is 0.0556 e. The fraction of sp³-hybridized carbons (Fsp3) is 0.667. The molecule has 4 nitrogen and oxygen atoms in total. The fourth-order valence-electron chi connectivity index (χ4n) is 1.22. The first-order valence-corrected chi connectivity index (χ1v) is 4.70. The lowest BCUT2D eigenvalue weighted by Gasteiger charge is -2.06. The van der Waals surface area contributed by atoms with E-state index in [9.17, 15) is 0 Å². The Hall–Kier alpha value is -0.580. The van der Waals surface area contributed by atoms with Crippen LogP contribution in [0.3, 0.4) is 0 Å². The Morgan fingerprint density at radius 3 is 3.00 bits per heavy atom. The molecule has 1 heterocycles. The third-order valence-corrected chi connectivity index (χ3v) is 1.83. The van der Waals surface area contributed by atoms with Gasteiger partial charge in [-0.15, -0.1) is 12.4 Å². The molecule has 0 aliphatic carbocycles. The molecular formula is C9H18ClN3O. The Labute approximate surface area is 90.7 Å². The van der Waals surface area contributed by atoms with E-state index in [1.165, 1.54) is 5.69 Å². The van der Waals surface area contributed by atoms with E-state index in [1.54, 1.807) is 0 Å². The van der Waals surface area contributed by atoms with E-state index in [4.69, 9.17) is 5.11 Å². The molecule has 0 atom stereocenters. The molecule has 14 heavy (non-hydrogen) atoms. The topological polar surface area (TPSA) is 50.1 Å². The van der Waals surface area contributed by atoms with Crippen LogP contribution in [0.15, 0.2) is 12.3 Å². The smallest absolute Gasteiger partial charge is 0.0556 e. The minimum atomic E-state index is 0. The van der Waals surface area contributed by atoms with Crippen molar-refractivity contribution in [3.05, 3.63) is 18.0 Å². The lowest BCUT2D eigenvalue weighted by atomic mass is 10.4. The number of aromatic nitrogens is 2. The van der Waals surface area contributed by atoms with Gasteiger partial charge in [-0.1, -0.05) is 6.92 Å². The number of aliphatic hydroxyl groups is 1. The van der Waals surface area contributed by atoms with Crippen LogP contribution in [0.4, 0.5) is 0 Å². The molecule has 0 bridgehead atoms. The van der Waals surface area contributed by atoms with Crippen LogP contribution < -0.4 is 5.32 Å². The van der Waals surface area contributed by atoms with Crippen LogP contribution in [0.1, 0.15) is 19.0 Å². The van der Waals surface area contributed by atoms with Crippen LogP contribution in [-0.2, 0) is 13.1 Å². The summed E-state index contributed by atoms with van der Waals surface area (Å²) in [5, 5.41) is 15.9. The highest BCUT2D eigenvalue weighted by Gasteiger charge is 1.99. The highest BCUT2D eigenvalue weighted by molar-refractivity contribution is 5.85. The summed E-state index contributed by atoms with van der Waals surface area (Å²) in [7, 11) is 0. The largest absolute Gasteiger partial charge is 0.395 e. The van der Waals surface area contributed by atoms with Crippen molar-refractivity contribution in [1.82, 2.24) is 15.1 Å². The van der Waals surface area contributed by atoms with E-state index in [0.717, 1.165) is 19.5 Å². The summed E-state index contributed by atoms with van der Waals surface area (Å²) in [6, 6.07) is 2.00. The maximum absolute atomic E-state index is 8.58. The average molecular weight is 220 g/mol. The van der Waals surface area contributed by atoms with Gasteiger partial charge in [0.1, 0.15) is 0 Å².